The highest BCUT2D eigenvalue weighted by Gasteiger charge is 2.14. The standard InChI is InChI=1S/C20H35N5.HI/c1-17-10-14-25(15-11-17)13-5-12-22-20(21-2)23-16-18-6-8-19(9-7-18)24(3)4;/h6-9,17H,5,10-16H2,1-4H3,(H2,21,22,23);1H. The topological polar surface area (TPSA) is 42.9 Å². The molecule has 2 N–H and O–H groups in total. The molecule has 2 rings (SSSR count). The lowest BCUT2D eigenvalue weighted by molar-refractivity contribution is 0.191. The molecule has 1 aliphatic heterocycles. The van der Waals surface area contributed by atoms with Crippen molar-refractivity contribution < 1.29 is 0 Å². The van der Waals surface area contributed by atoms with Crippen molar-refractivity contribution in [2.75, 3.05) is 52.2 Å². The first-order valence-electron chi connectivity index (χ1n) is 9.51. The summed E-state index contributed by atoms with van der Waals surface area (Å²) in [6.45, 7) is 7.82. The van der Waals surface area contributed by atoms with Gasteiger partial charge in [-0.3, -0.25) is 4.99 Å². The van der Waals surface area contributed by atoms with Crippen molar-refractivity contribution in [1.29, 1.82) is 0 Å². The number of hydrogen-bond donors (Lipinski definition) is 2. The molecule has 5 nitrogen and oxygen atoms in total. The fourth-order valence-corrected chi connectivity index (χ4v) is 3.11. The number of hydrogen-bond acceptors (Lipinski definition) is 3. The Balaban J connectivity index is 0.00000338. The van der Waals surface area contributed by atoms with Crippen LogP contribution in [-0.2, 0) is 6.54 Å². The zero-order chi connectivity index (χ0) is 18.1. The lowest BCUT2D eigenvalue weighted by Gasteiger charge is -2.30. The fourth-order valence-electron chi connectivity index (χ4n) is 3.11. The zero-order valence-electron chi connectivity index (χ0n) is 16.8. The predicted molar refractivity (Wildman–Crippen MR) is 124 cm³/mol. The molecule has 0 unspecified atom stereocenters. The summed E-state index contributed by atoms with van der Waals surface area (Å²) < 4.78 is 0. The Bertz CT molecular complexity index is 522. The number of halogens is 1. The molecule has 1 fully saturated rings. The van der Waals surface area contributed by atoms with Gasteiger partial charge in [-0.05, 0) is 62.5 Å². The molecule has 6 heteroatoms. The van der Waals surface area contributed by atoms with Gasteiger partial charge in [-0.15, -0.1) is 24.0 Å². The second-order valence-electron chi connectivity index (χ2n) is 7.29. The molecule has 0 atom stereocenters. The molecule has 0 radical (unpaired) electrons. The molecule has 1 heterocycles. The van der Waals surface area contributed by atoms with Crippen LogP contribution in [0.4, 0.5) is 5.69 Å². The highest BCUT2D eigenvalue weighted by molar-refractivity contribution is 14.0. The SMILES string of the molecule is CN=C(NCCCN1CCC(C)CC1)NCc1ccc(N(C)C)cc1.I. The molecule has 0 bridgehead atoms. The van der Waals surface area contributed by atoms with Gasteiger partial charge < -0.3 is 20.4 Å². The minimum absolute atomic E-state index is 0. The van der Waals surface area contributed by atoms with Crippen LogP contribution in [-0.4, -0.2) is 58.2 Å². The van der Waals surface area contributed by atoms with E-state index in [1.165, 1.54) is 43.7 Å². The van der Waals surface area contributed by atoms with E-state index in [9.17, 15) is 0 Å². The van der Waals surface area contributed by atoms with E-state index in [0.717, 1.165) is 31.4 Å². The van der Waals surface area contributed by atoms with Gasteiger partial charge in [0.1, 0.15) is 0 Å². The number of anilines is 1. The summed E-state index contributed by atoms with van der Waals surface area (Å²) in [6, 6.07) is 8.61. The normalized spacial score (nSPS) is 16.1. The Morgan fingerprint density at radius 1 is 1.15 bits per heavy atom. The third kappa shape index (κ3) is 8.12. The molecular formula is C20H36IN5. The van der Waals surface area contributed by atoms with E-state index in [2.05, 4.69) is 70.7 Å². The molecule has 0 amide bonds. The number of rotatable bonds is 7. The maximum atomic E-state index is 4.32. The van der Waals surface area contributed by atoms with Gasteiger partial charge >= 0.3 is 0 Å². The number of likely N-dealkylation sites (tertiary alicyclic amines) is 1. The van der Waals surface area contributed by atoms with Crippen molar-refractivity contribution in [3.05, 3.63) is 29.8 Å². The molecule has 1 aliphatic rings. The number of guanidine groups is 1. The third-order valence-corrected chi connectivity index (χ3v) is 4.96. The number of benzene rings is 1. The highest BCUT2D eigenvalue weighted by Crippen LogP contribution is 2.15. The van der Waals surface area contributed by atoms with Gasteiger partial charge in [-0.1, -0.05) is 19.1 Å². The molecular weight excluding hydrogens is 437 g/mol. The maximum Gasteiger partial charge on any atom is 0.191 e. The van der Waals surface area contributed by atoms with E-state index in [-0.39, 0.29) is 24.0 Å². The van der Waals surface area contributed by atoms with E-state index in [1.54, 1.807) is 0 Å². The molecule has 1 saturated heterocycles. The van der Waals surface area contributed by atoms with Crippen molar-refractivity contribution in [3.8, 4) is 0 Å². The van der Waals surface area contributed by atoms with Gasteiger partial charge in [0.05, 0.1) is 0 Å². The van der Waals surface area contributed by atoms with E-state index in [0.29, 0.717) is 0 Å². The minimum atomic E-state index is 0. The van der Waals surface area contributed by atoms with Crippen LogP contribution in [0, 0.1) is 5.92 Å². The molecule has 26 heavy (non-hydrogen) atoms. The predicted octanol–water partition coefficient (Wildman–Crippen LogP) is 3.16. The molecule has 1 aromatic rings. The lowest BCUT2D eigenvalue weighted by atomic mass is 9.99. The Hall–Kier alpha value is -1.02. The maximum absolute atomic E-state index is 4.32. The Labute approximate surface area is 176 Å². The summed E-state index contributed by atoms with van der Waals surface area (Å²) in [6.07, 6.45) is 3.86. The molecule has 0 saturated carbocycles. The second kappa shape index (κ2) is 12.4. The number of piperidine rings is 1. The Morgan fingerprint density at radius 3 is 2.38 bits per heavy atom. The monoisotopic (exact) mass is 473 g/mol. The quantitative estimate of drug-likeness (QED) is 0.277. The summed E-state index contributed by atoms with van der Waals surface area (Å²) in [5, 5.41) is 6.81. The fraction of sp³-hybridized carbons (Fsp3) is 0.650. The number of aliphatic imine (C=N–C) groups is 1. The summed E-state index contributed by atoms with van der Waals surface area (Å²) in [7, 11) is 5.95. The van der Waals surface area contributed by atoms with Gasteiger partial charge in [0.15, 0.2) is 5.96 Å². The highest BCUT2D eigenvalue weighted by atomic mass is 127. The molecule has 0 aliphatic carbocycles. The molecule has 1 aromatic carbocycles. The van der Waals surface area contributed by atoms with Crippen LogP contribution in [0.1, 0.15) is 31.7 Å². The zero-order valence-corrected chi connectivity index (χ0v) is 19.1. The largest absolute Gasteiger partial charge is 0.378 e. The van der Waals surface area contributed by atoms with Gasteiger partial charge in [-0.25, -0.2) is 0 Å². The van der Waals surface area contributed by atoms with E-state index >= 15 is 0 Å². The van der Waals surface area contributed by atoms with Crippen LogP contribution >= 0.6 is 24.0 Å². The smallest absolute Gasteiger partial charge is 0.191 e. The molecule has 0 aromatic heterocycles. The first kappa shape index (κ1) is 23.0. The molecule has 148 valence electrons. The van der Waals surface area contributed by atoms with Crippen molar-refractivity contribution in [2.45, 2.75) is 32.7 Å². The first-order chi connectivity index (χ1) is 12.1. The second-order valence-corrected chi connectivity index (χ2v) is 7.29. The van der Waals surface area contributed by atoms with Gasteiger partial charge in [0.2, 0.25) is 0 Å². The van der Waals surface area contributed by atoms with Crippen LogP contribution in [0.25, 0.3) is 0 Å². The Kier molecular flexibility index (Phi) is 11.0. The van der Waals surface area contributed by atoms with Gasteiger partial charge in [0.25, 0.3) is 0 Å². The minimum Gasteiger partial charge on any atom is -0.378 e. The van der Waals surface area contributed by atoms with Gasteiger partial charge in [-0.2, -0.15) is 0 Å². The van der Waals surface area contributed by atoms with Crippen LogP contribution in [0.15, 0.2) is 29.3 Å². The average molecular weight is 473 g/mol. The average Bonchev–Trinajstić information content (AvgIpc) is 2.63. The summed E-state index contributed by atoms with van der Waals surface area (Å²) in [5.41, 5.74) is 2.48. The van der Waals surface area contributed by atoms with Crippen LogP contribution in [0.2, 0.25) is 0 Å². The van der Waals surface area contributed by atoms with Crippen LogP contribution in [0.3, 0.4) is 0 Å². The lowest BCUT2D eigenvalue weighted by Crippen LogP contribution is -2.39. The molecule has 0 spiro atoms. The van der Waals surface area contributed by atoms with Crippen LogP contribution < -0.4 is 15.5 Å². The summed E-state index contributed by atoms with van der Waals surface area (Å²) in [4.78, 5) is 9.02. The van der Waals surface area contributed by atoms with Crippen LogP contribution in [0.5, 0.6) is 0 Å². The van der Waals surface area contributed by atoms with Gasteiger partial charge in [0, 0.05) is 39.9 Å². The summed E-state index contributed by atoms with van der Waals surface area (Å²) >= 11 is 0. The van der Waals surface area contributed by atoms with Crippen molar-refractivity contribution >= 4 is 35.6 Å². The van der Waals surface area contributed by atoms with E-state index in [1.807, 2.05) is 7.05 Å². The Morgan fingerprint density at radius 2 is 1.81 bits per heavy atom. The van der Waals surface area contributed by atoms with Crippen molar-refractivity contribution in [1.82, 2.24) is 15.5 Å². The number of nitrogens with one attached hydrogen (secondary N) is 2. The van der Waals surface area contributed by atoms with Crippen molar-refractivity contribution in [3.63, 3.8) is 0 Å². The number of nitrogens with zero attached hydrogens (tertiary/aromatic N) is 3. The summed E-state index contributed by atoms with van der Waals surface area (Å²) in [5.74, 6) is 1.79. The first-order valence-corrected chi connectivity index (χ1v) is 9.51. The van der Waals surface area contributed by atoms with E-state index in [4.69, 9.17) is 0 Å². The van der Waals surface area contributed by atoms with Crippen molar-refractivity contribution in [2.24, 2.45) is 10.9 Å². The third-order valence-electron chi connectivity index (χ3n) is 4.96. The van der Waals surface area contributed by atoms with E-state index < -0.39 is 0 Å².